The van der Waals surface area contributed by atoms with Crippen molar-refractivity contribution in [2.45, 2.75) is 13.8 Å². The van der Waals surface area contributed by atoms with Gasteiger partial charge in [-0.1, -0.05) is 0 Å². The quantitative estimate of drug-likeness (QED) is 0.743. The number of aromatic amines is 1. The first-order valence-electron chi connectivity index (χ1n) is 3.67. The predicted molar refractivity (Wildman–Crippen MR) is 47.7 cm³/mol. The van der Waals surface area contributed by atoms with Gasteiger partial charge in [-0.15, -0.1) is 16.4 Å². The highest BCUT2D eigenvalue weighted by Gasteiger charge is 2.12. The lowest BCUT2D eigenvalue weighted by atomic mass is 10.4. The number of rotatable bonds is 1. The minimum Gasteiger partial charge on any atom is -0.387 e. The van der Waals surface area contributed by atoms with E-state index in [-0.39, 0.29) is 0 Å². The van der Waals surface area contributed by atoms with Crippen LogP contribution >= 0.6 is 11.3 Å². The number of aromatic nitrogens is 3. The van der Waals surface area contributed by atoms with Crippen molar-refractivity contribution in [2.24, 2.45) is 0 Å². The van der Waals surface area contributed by atoms with Gasteiger partial charge >= 0.3 is 5.76 Å². The highest BCUT2D eigenvalue weighted by atomic mass is 32.1. The molecule has 68 valence electrons. The lowest BCUT2D eigenvalue weighted by molar-refractivity contribution is 0.527. The number of nitrogens with zero attached hydrogens (tertiary/aromatic N) is 2. The van der Waals surface area contributed by atoms with Crippen molar-refractivity contribution < 1.29 is 4.42 Å². The van der Waals surface area contributed by atoms with E-state index in [1.165, 1.54) is 11.3 Å². The molecule has 2 rings (SSSR count). The van der Waals surface area contributed by atoms with Gasteiger partial charge < -0.3 is 4.42 Å². The maximum absolute atomic E-state index is 10.7. The van der Waals surface area contributed by atoms with Crippen molar-refractivity contribution in [3.8, 4) is 10.8 Å². The summed E-state index contributed by atoms with van der Waals surface area (Å²) in [6, 6.07) is 0. The highest BCUT2D eigenvalue weighted by Crippen LogP contribution is 2.26. The molecule has 0 fully saturated rings. The molecule has 0 unspecified atom stereocenters. The molecule has 2 aromatic rings. The molecule has 13 heavy (non-hydrogen) atoms. The number of H-pyrrole nitrogens is 1. The molecule has 2 aromatic heterocycles. The summed E-state index contributed by atoms with van der Waals surface area (Å²) < 4.78 is 4.81. The average Bonchev–Trinajstić information content (AvgIpc) is 2.58. The van der Waals surface area contributed by atoms with Crippen LogP contribution in [0.25, 0.3) is 10.8 Å². The molecule has 0 saturated carbocycles. The first-order chi connectivity index (χ1) is 6.16. The van der Waals surface area contributed by atoms with E-state index in [0.717, 1.165) is 15.6 Å². The monoisotopic (exact) mass is 197 g/mol. The van der Waals surface area contributed by atoms with Crippen molar-refractivity contribution >= 4 is 11.3 Å². The zero-order chi connectivity index (χ0) is 9.42. The molecule has 0 amide bonds. The van der Waals surface area contributed by atoms with E-state index in [1.807, 2.05) is 13.8 Å². The van der Waals surface area contributed by atoms with Gasteiger partial charge in [0, 0.05) is 0 Å². The zero-order valence-corrected chi connectivity index (χ0v) is 7.94. The van der Waals surface area contributed by atoms with Crippen LogP contribution in [0, 0.1) is 13.8 Å². The molecular weight excluding hydrogens is 190 g/mol. The van der Waals surface area contributed by atoms with E-state index in [9.17, 15) is 4.79 Å². The van der Waals surface area contributed by atoms with E-state index >= 15 is 0 Å². The van der Waals surface area contributed by atoms with Crippen LogP contribution in [0.1, 0.15) is 10.7 Å². The Bertz CT molecular complexity index is 482. The first-order valence-corrected chi connectivity index (χ1v) is 4.48. The van der Waals surface area contributed by atoms with Crippen molar-refractivity contribution in [3.63, 3.8) is 0 Å². The zero-order valence-electron chi connectivity index (χ0n) is 7.12. The Labute approximate surface area is 77.4 Å². The summed E-state index contributed by atoms with van der Waals surface area (Å²) in [6.07, 6.45) is 0. The van der Waals surface area contributed by atoms with Crippen molar-refractivity contribution in [3.05, 3.63) is 21.3 Å². The minimum absolute atomic E-state index is 0.313. The van der Waals surface area contributed by atoms with Crippen molar-refractivity contribution in [2.75, 3.05) is 0 Å². The number of hydrogen-bond acceptors (Lipinski definition) is 5. The second-order valence-electron chi connectivity index (χ2n) is 2.57. The molecule has 0 aliphatic rings. The second kappa shape index (κ2) is 2.81. The Kier molecular flexibility index (Phi) is 1.77. The third kappa shape index (κ3) is 1.40. The summed E-state index contributed by atoms with van der Waals surface area (Å²) in [5.74, 6) is -0.228. The molecule has 5 nitrogen and oxygen atoms in total. The van der Waals surface area contributed by atoms with E-state index in [2.05, 4.69) is 15.2 Å². The highest BCUT2D eigenvalue weighted by molar-refractivity contribution is 7.15. The summed E-state index contributed by atoms with van der Waals surface area (Å²) in [4.78, 5) is 15.7. The predicted octanol–water partition coefficient (Wildman–Crippen LogP) is 1.10. The smallest absolute Gasteiger partial charge is 0.387 e. The molecule has 0 aromatic carbocycles. The lowest BCUT2D eigenvalue weighted by Crippen LogP contribution is -1.93. The number of aryl methyl sites for hydroxylation is 2. The molecule has 0 atom stereocenters. The number of thiazole rings is 1. The number of hydrogen-bond donors (Lipinski definition) is 1. The van der Waals surface area contributed by atoms with E-state index in [1.54, 1.807) is 0 Å². The fourth-order valence-corrected chi connectivity index (χ4v) is 1.90. The topological polar surface area (TPSA) is 71.8 Å². The standard InChI is InChI=1S/C7H7N3O2S/c1-3-5(13-4(2)8-3)6-9-10-7(11)12-6/h1-2H3,(H,10,11). The summed E-state index contributed by atoms with van der Waals surface area (Å²) >= 11 is 1.45. The number of nitrogens with one attached hydrogen (secondary N) is 1. The third-order valence-corrected chi connectivity index (χ3v) is 2.60. The van der Waals surface area contributed by atoms with Crippen LogP contribution in [0.4, 0.5) is 0 Å². The average molecular weight is 197 g/mol. The van der Waals surface area contributed by atoms with Crippen LogP contribution in [0.3, 0.4) is 0 Å². The Morgan fingerprint density at radius 1 is 1.46 bits per heavy atom. The summed E-state index contributed by atoms with van der Waals surface area (Å²) in [5.41, 5.74) is 0.831. The van der Waals surface area contributed by atoms with Crippen LogP contribution in [0.15, 0.2) is 9.21 Å². The maximum atomic E-state index is 10.7. The Morgan fingerprint density at radius 2 is 2.23 bits per heavy atom. The Morgan fingerprint density at radius 3 is 2.69 bits per heavy atom. The SMILES string of the molecule is Cc1nc(C)c(-c2n[nH]c(=O)o2)s1. The van der Waals surface area contributed by atoms with Crippen LogP contribution in [-0.4, -0.2) is 15.2 Å². The molecule has 6 heteroatoms. The molecule has 0 aliphatic heterocycles. The summed E-state index contributed by atoms with van der Waals surface area (Å²) in [5, 5.41) is 6.87. The molecule has 1 N–H and O–H groups in total. The maximum Gasteiger partial charge on any atom is 0.434 e. The van der Waals surface area contributed by atoms with Crippen LogP contribution in [0.5, 0.6) is 0 Å². The van der Waals surface area contributed by atoms with Gasteiger partial charge in [-0.3, -0.25) is 0 Å². The van der Waals surface area contributed by atoms with E-state index in [4.69, 9.17) is 4.42 Å². The fourth-order valence-electron chi connectivity index (χ4n) is 1.06. The van der Waals surface area contributed by atoms with Crippen LogP contribution in [0.2, 0.25) is 0 Å². The van der Waals surface area contributed by atoms with Gasteiger partial charge in [0.15, 0.2) is 0 Å². The summed E-state index contributed by atoms with van der Waals surface area (Å²) in [7, 11) is 0. The van der Waals surface area contributed by atoms with Gasteiger partial charge in [0.25, 0.3) is 5.89 Å². The lowest BCUT2D eigenvalue weighted by Gasteiger charge is -1.86. The van der Waals surface area contributed by atoms with Crippen molar-refractivity contribution in [1.82, 2.24) is 15.2 Å². The van der Waals surface area contributed by atoms with Gasteiger partial charge in [-0.2, -0.15) is 0 Å². The molecule has 0 saturated heterocycles. The van der Waals surface area contributed by atoms with Gasteiger partial charge in [0.1, 0.15) is 4.88 Å². The van der Waals surface area contributed by atoms with E-state index in [0.29, 0.717) is 5.89 Å². The first kappa shape index (κ1) is 8.18. The van der Waals surface area contributed by atoms with Gasteiger partial charge in [0.2, 0.25) is 0 Å². The fraction of sp³-hybridized carbons (Fsp3) is 0.286. The Hall–Kier alpha value is -1.43. The molecular formula is C7H7N3O2S. The third-order valence-electron chi connectivity index (χ3n) is 1.54. The Balaban J connectivity index is 2.57. The van der Waals surface area contributed by atoms with Gasteiger partial charge in [0.05, 0.1) is 10.7 Å². The second-order valence-corrected chi connectivity index (χ2v) is 3.77. The minimum atomic E-state index is -0.541. The summed E-state index contributed by atoms with van der Waals surface area (Å²) in [6.45, 7) is 3.75. The molecule has 0 aliphatic carbocycles. The normalized spacial score (nSPS) is 10.6. The van der Waals surface area contributed by atoms with E-state index < -0.39 is 5.76 Å². The largest absolute Gasteiger partial charge is 0.434 e. The van der Waals surface area contributed by atoms with Crippen LogP contribution in [-0.2, 0) is 0 Å². The molecule has 0 bridgehead atoms. The molecule has 0 spiro atoms. The van der Waals surface area contributed by atoms with Gasteiger partial charge in [-0.05, 0) is 13.8 Å². The molecule has 0 radical (unpaired) electrons. The van der Waals surface area contributed by atoms with Crippen molar-refractivity contribution in [1.29, 1.82) is 0 Å². The molecule has 2 heterocycles. The van der Waals surface area contributed by atoms with Crippen LogP contribution < -0.4 is 5.76 Å². The van der Waals surface area contributed by atoms with Gasteiger partial charge in [-0.25, -0.2) is 14.9 Å².